The number of amides is 1. The Kier molecular flexibility index (Phi) is 2.09. The Labute approximate surface area is 113 Å². The van der Waals surface area contributed by atoms with Gasteiger partial charge < -0.3 is 9.52 Å². The number of para-hydroxylation sites is 2. The van der Waals surface area contributed by atoms with Crippen molar-refractivity contribution in [2.24, 2.45) is 4.99 Å². The zero-order valence-electron chi connectivity index (χ0n) is 10.3. The maximum atomic E-state index is 12.1. The highest BCUT2D eigenvalue weighted by atomic mass is 16.4. The molecule has 96 valence electrons. The number of aromatic hydroxyl groups is 1. The van der Waals surface area contributed by atoms with E-state index in [1.165, 1.54) is 0 Å². The molecule has 0 saturated heterocycles. The Hall–Kier alpha value is -2.88. The summed E-state index contributed by atoms with van der Waals surface area (Å²) in [6, 6.07) is 14.3. The van der Waals surface area contributed by atoms with Gasteiger partial charge in [0.05, 0.1) is 16.3 Å². The zero-order chi connectivity index (χ0) is 13.7. The van der Waals surface area contributed by atoms with E-state index in [2.05, 4.69) is 4.99 Å². The third-order valence-electron chi connectivity index (χ3n) is 3.41. The number of carbonyl (C=O) groups excluding carboxylic acids is 1. The Morgan fingerprint density at radius 3 is 2.60 bits per heavy atom. The van der Waals surface area contributed by atoms with Gasteiger partial charge in [0.2, 0.25) is 0 Å². The molecular formula is C16H9NO3. The van der Waals surface area contributed by atoms with Crippen LogP contribution in [0.3, 0.4) is 0 Å². The summed E-state index contributed by atoms with van der Waals surface area (Å²) in [4.78, 5) is 16.1. The number of carbonyl (C=O) groups is 1. The van der Waals surface area contributed by atoms with Gasteiger partial charge in [-0.2, -0.15) is 0 Å². The molecule has 4 rings (SSSR count). The smallest absolute Gasteiger partial charge is 0.282 e. The van der Waals surface area contributed by atoms with E-state index >= 15 is 0 Å². The summed E-state index contributed by atoms with van der Waals surface area (Å²) >= 11 is 0. The molecule has 3 aromatic rings. The van der Waals surface area contributed by atoms with Gasteiger partial charge in [0.25, 0.3) is 5.91 Å². The molecule has 0 fully saturated rings. The molecule has 0 aliphatic carbocycles. The lowest BCUT2D eigenvalue weighted by Crippen LogP contribution is -2.22. The lowest BCUT2D eigenvalue weighted by Gasteiger charge is -1.96. The maximum Gasteiger partial charge on any atom is 0.282 e. The average Bonchev–Trinajstić information content (AvgIpc) is 2.96. The SMILES string of the molecule is O=C1N=c2ccccc2=C1c1oc2ccccc2c1O. The van der Waals surface area contributed by atoms with E-state index in [0.29, 0.717) is 27.1 Å². The molecule has 0 bridgehead atoms. The van der Waals surface area contributed by atoms with Crippen molar-refractivity contribution in [2.75, 3.05) is 0 Å². The number of benzene rings is 2. The van der Waals surface area contributed by atoms with Crippen LogP contribution in [0.25, 0.3) is 16.5 Å². The molecule has 4 heteroatoms. The summed E-state index contributed by atoms with van der Waals surface area (Å²) in [5, 5.41) is 12.2. The van der Waals surface area contributed by atoms with Crippen LogP contribution in [0.15, 0.2) is 57.9 Å². The summed E-state index contributed by atoms with van der Waals surface area (Å²) in [6.07, 6.45) is 0. The van der Waals surface area contributed by atoms with E-state index in [1.54, 1.807) is 30.3 Å². The summed E-state index contributed by atoms with van der Waals surface area (Å²) in [6.45, 7) is 0. The molecule has 1 aromatic heterocycles. The zero-order valence-corrected chi connectivity index (χ0v) is 10.3. The lowest BCUT2D eigenvalue weighted by molar-refractivity contribution is -0.112. The second-order valence-corrected chi connectivity index (χ2v) is 4.59. The van der Waals surface area contributed by atoms with Gasteiger partial charge in [-0.3, -0.25) is 4.79 Å². The fourth-order valence-corrected chi connectivity index (χ4v) is 2.48. The normalized spacial score (nSPS) is 13.6. The Bertz CT molecular complexity index is 982. The van der Waals surface area contributed by atoms with E-state index in [-0.39, 0.29) is 17.4 Å². The van der Waals surface area contributed by atoms with Gasteiger partial charge in [0, 0.05) is 5.22 Å². The van der Waals surface area contributed by atoms with Crippen molar-refractivity contribution in [3.63, 3.8) is 0 Å². The molecule has 0 spiro atoms. The van der Waals surface area contributed by atoms with Crippen LogP contribution in [-0.4, -0.2) is 11.0 Å². The second-order valence-electron chi connectivity index (χ2n) is 4.59. The predicted octanol–water partition coefficient (Wildman–Crippen LogP) is 1.50. The summed E-state index contributed by atoms with van der Waals surface area (Å²) in [5.41, 5.74) is 0.860. The minimum absolute atomic E-state index is 0.0177. The van der Waals surface area contributed by atoms with Crippen molar-refractivity contribution in [3.05, 3.63) is 64.9 Å². The van der Waals surface area contributed by atoms with Crippen molar-refractivity contribution in [2.45, 2.75) is 0 Å². The van der Waals surface area contributed by atoms with Gasteiger partial charge in [0.1, 0.15) is 5.58 Å². The molecule has 0 radical (unpaired) electrons. The quantitative estimate of drug-likeness (QED) is 0.723. The van der Waals surface area contributed by atoms with E-state index in [1.807, 2.05) is 18.2 Å². The van der Waals surface area contributed by atoms with E-state index in [0.717, 1.165) is 0 Å². The third kappa shape index (κ3) is 1.36. The van der Waals surface area contributed by atoms with Crippen LogP contribution < -0.4 is 10.6 Å². The highest BCUT2D eigenvalue weighted by Crippen LogP contribution is 2.35. The summed E-state index contributed by atoms with van der Waals surface area (Å²) in [5.74, 6) is -0.221. The fraction of sp³-hybridized carbons (Fsp3) is 0. The molecule has 20 heavy (non-hydrogen) atoms. The topological polar surface area (TPSA) is 62.8 Å². The van der Waals surface area contributed by atoms with Crippen LogP contribution >= 0.6 is 0 Å². The first-order chi connectivity index (χ1) is 9.75. The number of hydrogen-bond donors (Lipinski definition) is 1. The molecular weight excluding hydrogens is 254 g/mol. The van der Waals surface area contributed by atoms with Gasteiger partial charge in [0.15, 0.2) is 11.5 Å². The number of fused-ring (bicyclic) bond motifs is 2. The van der Waals surface area contributed by atoms with Crippen molar-refractivity contribution < 1.29 is 14.3 Å². The largest absolute Gasteiger partial charge is 0.504 e. The molecule has 0 saturated carbocycles. The first-order valence-corrected chi connectivity index (χ1v) is 6.19. The van der Waals surface area contributed by atoms with Crippen LogP contribution in [0.2, 0.25) is 0 Å². The van der Waals surface area contributed by atoms with Gasteiger partial charge in [-0.25, -0.2) is 4.99 Å². The van der Waals surface area contributed by atoms with Crippen LogP contribution in [0.1, 0.15) is 5.76 Å². The molecule has 2 heterocycles. The molecule has 4 nitrogen and oxygen atoms in total. The molecule has 1 aliphatic rings. The first-order valence-electron chi connectivity index (χ1n) is 6.19. The number of hydrogen-bond acceptors (Lipinski definition) is 3. The monoisotopic (exact) mass is 263 g/mol. The molecule has 0 unspecified atom stereocenters. The average molecular weight is 263 g/mol. The maximum absolute atomic E-state index is 12.1. The minimum Gasteiger partial charge on any atom is -0.504 e. The fourth-order valence-electron chi connectivity index (χ4n) is 2.48. The highest BCUT2D eigenvalue weighted by Gasteiger charge is 2.25. The van der Waals surface area contributed by atoms with Crippen molar-refractivity contribution in [1.29, 1.82) is 0 Å². The molecule has 0 atom stereocenters. The Morgan fingerprint density at radius 2 is 1.75 bits per heavy atom. The second kappa shape index (κ2) is 3.81. The van der Waals surface area contributed by atoms with E-state index in [9.17, 15) is 9.90 Å². The van der Waals surface area contributed by atoms with Gasteiger partial charge in [-0.1, -0.05) is 30.3 Å². The standard InChI is InChI=1S/C16H9NO3/c18-14-10-6-2-4-8-12(10)20-15(14)13-9-5-1-3-7-11(9)17-16(13)19/h1-8,18H. The van der Waals surface area contributed by atoms with Gasteiger partial charge in [-0.05, 0) is 18.2 Å². The first kappa shape index (κ1) is 11.0. The van der Waals surface area contributed by atoms with E-state index in [4.69, 9.17) is 4.42 Å². The molecule has 1 amide bonds. The number of nitrogens with zero attached hydrogens (tertiary/aromatic N) is 1. The Morgan fingerprint density at radius 1 is 1.00 bits per heavy atom. The van der Waals surface area contributed by atoms with Gasteiger partial charge in [-0.15, -0.1) is 0 Å². The van der Waals surface area contributed by atoms with Crippen LogP contribution in [0.4, 0.5) is 0 Å². The lowest BCUT2D eigenvalue weighted by atomic mass is 10.1. The molecule has 2 aromatic carbocycles. The minimum atomic E-state index is -0.388. The van der Waals surface area contributed by atoms with Crippen LogP contribution in [0.5, 0.6) is 5.75 Å². The predicted molar refractivity (Wildman–Crippen MR) is 72.6 cm³/mol. The van der Waals surface area contributed by atoms with Crippen molar-refractivity contribution in [3.8, 4) is 5.75 Å². The summed E-state index contributed by atoms with van der Waals surface area (Å²) in [7, 11) is 0. The van der Waals surface area contributed by atoms with Crippen molar-refractivity contribution >= 4 is 22.4 Å². The number of furan rings is 1. The van der Waals surface area contributed by atoms with Gasteiger partial charge >= 0.3 is 0 Å². The summed E-state index contributed by atoms with van der Waals surface area (Å²) < 4.78 is 5.64. The molecule has 1 aliphatic heterocycles. The van der Waals surface area contributed by atoms with Crippen LogP contribution in [0, 0.1) is 0 Å². The molecule has 1 N–H and O–H groups in total. The van der Waals surface area contributed by atoms with Crippen molar-refractivity contribution in [1.82, 2.24) is 0 Å². The highest BCUT2D eigenvalue weighted by molar-refractivity contribution is 6.21. The Balaban J connectivity index is 2.13. The van der Waals surface area contributed by atoms with E-state index < -0.39 is 0 Å². The number of rotatable bonds is 1. The van der Waals surface area contributed by atoms with Crippen LogP contribution in [-0.2, 0) is 4.79 Å². The third-order valence-corrected chi connectivity index (χ3v) is 3.41.